The van der Waals surface area contributed by atoms with Crippen molar-refractivity contribution in [3.05, 3.63) is 29.0 Å². The van der Waals surface area contributed by atoms with Gasteiger partial charge in [-0.1, -0.05) is 11.6 Å². The molecule has 1 aromatic heterocycles. The van der Waals surface area contributed by atoms with Crippen molar-refractivity contribution in [1.29, 1.82) is 0 Å². The first-order chi connectivity index (χ1) is 9.78. The summed E-state index contributed by atoms with van der Waals surface area (Å²) in [5.74, 6) is 1.09. The van der Waals surface area contributed by atoms with Crippen molar-refractivity contribution in [3.63, 3.8) is 0 Å². The number of ether oxygens (including phenoxy) is 1. The Bertz CT molecular complexity index is 590. The molecule has 0 bridgehead atoms. The summed E-state index contributed by atoms with van der Waals surface area (Å²) in [5.41, 5.74) is 7.72. The SMILES string of the molecule is NCCCc1nc2ccc(Cl)cc2n1CC1CCCO1. The number of fused-ring (bicyclic) bond motifs is 1. The second kappa shape index (κ2) is 6.12. The first kappa shape index (κ1) is 13.9. The molecule has 0 amide bonds. The van der Waals surface area contributed by atoms with Gasteiger partial charge < -0.3 is 15.0 Å². The first-order valence-electron chi connectivity index (χ1n) is 7.24. The lowest BCUT2D eigenvalue weighted by molar-refractivity contribution is 0.0972. The fraction of sp³-hybridized carbons (Fsp3) is 0.533. The van der Waals surface area contributed by atoms with Crippen molar-refractivity contribution >= 4 is 22.6 Å². The van der Waals surface area contributed by atoms with Gasteiger partial charge in [-0.15, -0.1) is 0 Å². The average Bonchev–Trinajstić information content (AvgIpc) is 3.06. The maximum absolute atomic E-state index is 6.13. The van der Waals surface area contributed by atoms with Crippen LogP contribution in [0, 0.1) is 0 Å². The van der Waals surface area contributed by atoms with Crippen LogP contribution in [-0.2, 0) is 17.7 Å². The number of aromatic nitrogens is 2. The van der Waals surface area contributed by atoms with Crippen molar-refractivity contribution in [2.45, 2.75) is 38.3 Å². The Labute approximate surface area is 123 Å². The number of nitrogens with zero attached hydrogens (tertiary/aromatic N) is 2. The second-order valence-electron chi connectivity index (χ2n) is 5.30. The maximum atomic E-state index is 6.13. The van der Waals surface area contributed by atoms with Crippen LogP contribution in [0.2, 0.25) is 5.02 Å². The van der Waals surface area contributed by atoms with Crippen LogP contribution in [0.3, 0.4) is 0 Å². The Morgan fingerprint density at radius 2 is 2.35 bits per heavy atom. The third kappa shape index (κ3) is 2.82. The highest BCUT2D eigenvalue weighted by Gasteiger charge is 2.19. The number of nitrogens with two attached hydrogens (primary N) is 1. The summed E-state index contributed by atoms with van der Waals surface area (Å²) in [6.07, 6.45) is 4.41. The van der Waals surface area contributed by atoms with Crippen molar-refractivity contribution < 1.29 is 4.74 Å². The van der Waals surface area contributed by atoms with Crippen LogP contribution in [-0.4, -0.2) is 28.8 Å². The summed E-state index contributed by atoms with van der Waals surface area (Å²) in [5, 5.41) is 0.747. The molecular weight excluding hydrogens is 274 g/mol. The number of hydrogen-bond donors (Lipinski definition) is 1. The molecule has 2 heterocycles. The molecule has 0 saturated carbocycles. The monoisotopic (exact) mass is 293 g/mol. The number of aryl methyl sites for hydroxylation is 1. The summed E-state index contributed by atoms with van der Waals surface area (Å²) in [7, 11) is 0. The third-order valence-corrected chi connectivity index (χ3v) is 4.04. The highest BCUT2D eigenvalue weighted by atomic mass is 35.5. The van der Waals surface area contributed by atoms with Gasteiger partial charge in [0.05, 0.1) is 23.7 Å². The Kier molecular flexibility index (Phi) is 4.24. The number of halogens is 1. The van der Waals surface area contributed by atoms with E-state index in [0.717, 1.165) is 60.7 Å². The van der Waals surface area contributed by atoms with Gasteiger partial charge in [-0.05, 0) is 44.0 Å². The van der Waals surface area contributed by atoms with Gasteiger partial charge in [0.1, 0.15) is 5.82 Å². The van der Waals surface area contributed by atoms with Crippen molar-refractivity contribution in [2.24, 2.45) is 5.73 Å². The van der Waals surface area contributed by atoms with E-state index < -0.39 is 0 Å². The van der Waals surface area contributed by atoms with E-state index in [-0.39, 0.29) is 0 Å². The Morgan fingerprint density at radius 1 is 1.45 bits per heavy atom. The molecule has 108 valence electrons. The van der Waals surface area contributed by atoms with E-state index >= 15 is 0 Å². The minimum absolute atomic E-state index is 0.294. The van der Waals surface area contributed by atoms with Crippen LogP contribution < -0.4 is 5.73 Å². The van der Waals surface area contributed by atoms with E-state index in [9.17, 15) is 0 Å². The molecule has 1 saturated heterocycles. The maximum Gasteiger partial charge on any atom is 0.109 e. The van der Waals surface area contributed by atoms with Crippen molar-refractivity contribution in [1.82, 2.24) is 9.55 Å². The summed E-state index contributed by atoms with van der Waals surface area (Å²) in [6.45, 7) is 2.41. The van der Waals surface area contributed by atoms with Crippen LogP contribution in [0.15, 0.2) is 18.2 Å². The molecule has 3 rings (SSSR count). The van der Waals surface area contributed by atoms with Gasteiger partial charge in [-0.2, -0.15) is 0 Å². The Balaban J connectivity index is 1.96. The molecule has 1 aromatic carbocycles. The minimum atomic E-state index is 0.294. The molecule has 5 heteroatoms. The molecule has 0 spiro atoms. The number of rotatable bonds is 5. The van der Waals surface area contributed by atoms with Gasteiger partial charge in [-0.3, -0.25) is 0 Å². The second-order valence-corrected chi connectivity index (χ2v) is 5.74. The number of hydrogen-bond acceptors (Lipinski definition) is 3. The predicted octanol–water partition coefficient (Wildman–Crippen LogP) is 2.76. The summed E-state index contributed by atoms with van der Waals surface area (Å²) < 4.78 is 8.02. The predicted molar refractivity (Wildman–Crippen MR) is 81.1 cm³/mol. The molecule has 0 aliphatic carbocycles. The highest BCUT2D eigenvalue weighted by Crippen LogP contribution is 2.24. The fourth-order valence-corrected chi connectivity index (χ4v) is 2.96. The minimum Gasteiger partial charge on any atom is -0.376 e. The van der Waals surface area contributed by atoms with E-state index in [4.69, 9.17) is 27.1 Å². The molecule has 2 aromatic rings. The lowest BCUT2D eigenvalue weighted by atomic mass is 10.2. The normalized spacial score (nSPS) is 19.0. The van der Waals surface area contributed by atoms with Crippen LogP contribution in [0.1, 0.15) is 25.1 Å². The molecule has 1 aliphatic rings. The lowest BCUT2D eigenvalue weighted by Gasteiger charge is -2.14. The quantitative estimate of drug-likeness (QED) is 0.922. The average molecular weight is 294 g/mol. The largest absolute Gasteiger partial charge is 0.376 e. The van der Waals surface area contributed by atoms with Crippen LogP contribution in [0.4, 0.5) is 0 Å². The number of imidazole rings is 1. The standard InChI is InChI=1S/C15H20ClN3O/c16-11-5-6-13-14(9-11)19(10-12-3-2-8-20-12)15(18-13)4-1-7-17/h5-6,9,12H,1-4,7-8,10,17H2. The van der Waals surface area contributed by atoms with Gasteiger partial charge in [0.15, 0.2) is 0 Å². The molecule has 4 nitrogen and oxygen atoms in total. The first-order valence-corrected chi connectivity index (χ1v) is 7.62. The van der Waals surface area contributed by atoms with Crippen LogP contribution >= 0.6 is 11.6 Å². The summed E-state index contributed by atoms with van der Waals surface area (Å²) >= 11 is 6.13. The fourth-order valence-electron chi connectivity index (χ4n) is 2.79. The zero-order valence-electron chi connectivity index (χ0n) is 11.5. The van der Waals surface area contributed by atoms with E-state index in [0.29, 0.717) is 12.6 Å². The van der Waals surface area contributed by atoms with E-state index in [2.05, 4.69) is 4.57 Å². The molecule has 0 radical (unpaired) electrons. The molecule has 1 unspecified atom stereocenters. The van der Waals surface area contributed by atoms with Gasteiger partial charge >= 0.3 is 0 Å². The highest BCUT2D eigenvalue weighted by molar-refractivity contribution is 6.31. The smallest absolute Gasteiger partial charge is 0.109 e. The Morgan fingerprint density at radius 3 is 3.10 bits per heavy atom. The van der Waals surface area contributed by atoms with Gasteiger partial charge in [-0.25, -0.2) is 4.98 Å². The third-order valence-electron chi connectivity index (χ3n) is 3.80. The van der Waals surface area contributed by atoms with E-state index in [1.807, 2.05) is 18.2 Å². The van der Waals surface area contributed by atoms with E-state index in [1.54, 1.807) is 0 Å². The van der Waals surface area contributed by atoms with Crippen molar-refractivity contribution in [3.8, 4) is 0 Å². The molecule has 1 atom stereocenters. The van der Waals surface area contributed by atoms with Gasteiger partial charge in [0, 0.05) is 18.1 Å². The van der Waals surface area contributed by atoms with Gasteiger partial charge in [0.25, 0.3) is 0 Å². The van der Waals surface area contributed by atoms with Crippen LogP contribution in [0.5, 0.6) is 0 Å². The zero-order chi connectivity index (χ0) is 13.9. The molecule has 1 aliphatic heterocycles. The topological polar surface area (TPSA) is 53.1 Å². The van der Waals surface area contributed by atoms with Crippen molar-refractivity contribution in [2.75, 3.05) is 13.2 Å². The Hall–Kier alpha value is -1.10. The zero-order valence-corrected chi connectivity index (χ0v) is 12.3. The summed E-state index contributed by atoms with van der Waals surface area (Å²) in [6, 6.07) is 5.86. The number of benzene rings is 1. The van der Waals surface area contributed by atoms with Crippen LogP contribution in [0.25, 0.3) is 11.0 Å². The molecule has 1 fully saturated rings. The molecule has 20 heavy (non-hydrogen) atoms. The molecule has 2 N–H and O–H groups in total. The van der Waals surface area contributed by atoms with E-state index in [1.165, 1.54) is 0 Å². The van der Waals surface area contributed by atoms with Gasteiger partial charge in [0.2, 0.25) is 0 Å². The molecular formula is C15H20ClN3O. The summed E-state index contributed by atoms with van der Waals surface area (Å²) in [4.78, 5) is 4.73. The lowest BCUT2D eigenvalue weighted by Crippen LogP contribution is -2.17.